The van der Waals surface area contributed by atoms with Gasteiger partial charge in [0.2, 0.25) is 0 Å². The fraction of sp³-hybridized carbons (Fsp3) is 0.233. The zero-order chi connectivity index (χ0) is 24.4. The molecule has 1 aromatic heterocycles. The number of aromatic nitrogens is 1. The number of piperidine rings is 1. The molecule has 0 bridgehead atoms. The number of benzene rings is 3. The summed E-state index contributed by atoms with van der Waals surface area (Å²) in [6.07, 6.45) is 3.04. The Labute approximate surface area is 210 Å². The second-order valence-corrected chi connectivity index (χ2v) is 9.71. The molecule has 1 fully saturated rings. The number of likely N-dealkylation sites (tertiary alicyclic amines) is 1. The van der Waals surface area contributed by atoms with Crippen molar-refractivity contribution in [2.45, 2.75) is 26.2 Å². The van der Waals surface area contributed by atoms with Crippen LogP contribution in [0.1, 0.15) is 34.5 Å². The average molecular weight is 487 g/mol. The van der Waals surface area contributed by atoms with Gasteiger partial charge in [-0.25, -0.2) is 4.39 Å². The summed E-state index contributed by atoms with van der Waals surface area (Å²) in [5, 5.41) is 0.643. The third kappa shape index (κ3) is 5.03. The highest BCUT2D eigenvalue weighted by molar-refractivity contribution is 6.30. The summed E-state index contributed by atoms with van der Waals surface area (Å²) >= 11 is 6.11. The van der Waals surface area contributed by atoms with E-state index in [1.54, 1.807) is 6.07 Å². The number of amides is 1. The van der Waals surface area contributed by atoms with E-state index in [1.165, 1.54) is 17.7 Å². The molecule has 0 spiro atoms. The molecule has 1 aliphatic heterocycles. The molecular weight excluding hydrogens is 459 g/mol. The van der Waals surface area contributed by atoms with Crippen molar-refractivity contribution in [1.82, 2.24) is 9.47 Å². The van der Waals surface area contributed by atoms with Crippen LogP contribution in [0.5, 0.6) is 0 Å². The molecule has 5 rings (SSSR count). The van der Waals surface area contributed by atoms with Crippen LogP contribution in [0.4, 0.5) is 4.39 Å². The van der Waals surface area contributed by atoms with Crippen LogP contribution in [0.15, 0.2) is 84.9 Å². The molecule has 178 valence electrons. The Morgan fingerprint density at radius 1 is 0.943 bits per heavy atom. The molecule has 3 nitrogen and oxygen atoms in total. The number of carbonyl (C=O) groups excluding carboxylic acids is 1. The Kier molecular flexibility index (Phi) is 6.74. The topological polar surface area (TPSA) is 25.2 Å². The summed E-state index contributed by atoms with van der Waals surface area (Å²) < 4.78 is 16.1. The first-order valence-electron chi connectivity index (χ1n) is 12.1. The maximum Gasteiger partial charge on any atom is 0.255 e. The van der Waals surface area contributed by atoms with E-state index >= 15 is 0 Å². The molecule has 4 aromatic rings. The van der Waals surface area contributed by atoms with Crippen molar-refractivity contribution >= 4 is 17.5 Å². The molecule has 0 saturated carbocycles. The third-order valence-electron chi connectivity index (χ3n) is 6.95. The minimum Gasteiger partial charge on any atom is -0.339 e. The second-order valence-electron chi connectivity index (χ2n) is 9.28. The summed E-state index contributed by atoms with van der Waals surface area (Å²) in [5.74, 6) is 0.307. The van der Waals surface area contributed by atoms with Crippen LogP contribution in [0.25, 0.3) is 16.9 Å². The van der Waals surface area contributed by atoms with E-state index in [9.17, 15) is 9.18 Å². The lowest BCUT2D eigenvalue weighted by molar-refractivity contribution is 0.0690. The van der Waals surface area contributed by atoms with Gasteiger partial charge >= 0.3 is 0 Å². The number of nitrogens with zero attached hydrogens (tertiary/aromatic N) is 2. The highest BCUT2D eigenvalue weighted by atomic mass is 35.5. The summed E-state index contributed by atoms with van der Waals surface area (Å²) in [7, 11) is 0. The van der Waals surface area contributed by atoms with Crippen molar-refractivity contribution < 1.29 is 9.18 Å². The van der Waals surface area contributed by atoms with E-state index in [0.717, 1.165) is 49.3 Å². The van der Waals surface area contributed by atoms with Gasteiger partial charge in [0.25, 0.3) is 5.91 Å². The molecule has 35 heavy (non-hydrogen) atoms. The largest absolute Gasteiger partial charge is 0.339 e. The molecular formula is C30H28ClFN2O. The highest BCUT2D eigenvalue weighted by Gasteiger charge is 2.27. The van der Waals surface area contributed by atoms with Gasteiger partial charge in [0, 0.05) is 29.5 Å². The molecule has 0 aliphatic carbocycles. The van der Waals surface area contributed by atoms with Crippen LogP contribution in [-0.2, 0) is 6.42 Å². The van der Waals surface area contributed by atoms with Gasteiger partial charge in [-0.15, -0.1) is 0 Å². The maximum atomic E-state index is 14.1. The van der Waals surface area contributed by atoms with Gasteiger partial charge in [0.1, 0.15) is 5.82 Å². The van der Waals surface area contributed by atoms with E-state index in [1.807, 2.05) is 58.9 Å². The third-order valence-corrected chi connectivity index (χ3v) is 7.20. The molecule has 0 N–H and O–H groups in total. The van der Waals surface area contributed by atoms with Gasteiger partial charge in [-0.1, -0.05) is 60.1 Å². The van der Waals surface area contributed by atoms with E-state index < -0.39 is 0 Å². The van der Waals surface area contributed by atoms with Gasteiger partial charge in [0.05, 0.1) is 11.3 Å². The molecule has 2 heterocycles. The van der Waals surface area contributed by atoms with Crippen LogP contribution >= 0.6 is 11.6 Å². The first-order chi connectivity index (χ1) is 17.0. The van der Waals surface area contributed by atoms with Crippen LogP contribution in [0.3, 0.4) is 0 Å². The fourth-order valence-corrected chi connectivity index (χ4v) is 5.19. The summed E-state index contributed by atoms with van der Waals surface area (Å²) in [4.78, 5) is 15.6. The summed E-state index contributed by atoms with van der Waals surface area (Å²) in [6, 6.07) is 26.5. The Balaban J connectivity index is 1.42. The monoisotopic (exact) mass is 486 g/mol. The van der Waals surface area contributed by atoms with E-state index in [4.69, 9.17) is 11.6 Å². The van der Waals surface area contributed by atoms with Crippen LogP contribution in [-0.4, -0.2) is 28.5 Å². The molecule has 5 heteroatoms. The Morgan fingerprint density at radius 3 is 2.34 bits per heavy atom. The number of carbonyl (C=O) groups is 1. The number of rotatable bonds is 5. The zero-order valence-electron chi connectivity index (χ0n) is 19.8. The average Bonchev–Trinajstić information content (AvgIpc) is 3.22. The SMILES string of the molecule is Cc1c(C(=O)N2CCC(Cc3ccccc3)CC2)cc(-c2ccc(Cl)cc2)n1-c1cccc(F)c1. The molecule has 0 atom stereocenters. The minimum atomic E-state index is -0.314. The first kappa shape index (κ1) is 23.4. The summed E-state index contributed by atoms with van der Waals surface area (Å²) in [6.45, 7) is 3.42. The quantitative estimate of drug-likeness (QED) is 0.289. The van der Waals surface area contributed by atoms with Gasteiger partial charge in [-0.05, 0) is 79.6 Å². The maximum absolute atomic E-state index is 14.1. The Morgan fingerprint density at radius 2 is 1.66 bits per heavy atom. The van der Waals surface area contributed by atoms with Crippen LogP contribution < -0.4 is 0 Å². The lowest BCUT2D eigenvalue weighted by atomic mass is 9.90. The van der Waals surface area contributed by atoms with Crippen molar-refractivity contribution in [2.75, 3.05) is 13.1 Å². The number of hydrogen-bond acceptors (Lipinski definition) is 1. The van der Waals surface area contributed by atoms with E-state index in [2.05, 4.69) is 24.3 Å². The molecule has 1 saturated heterocycles. The first-order valence-corrected chi connectivity index (χ1v) is 12.4. The van der Waals surface area contributed by atoms with Crippen molar-refractivity contribution in [3.8, 4) is 16.9 Å². The lowest BCUT2D eigenvalue weighted by Gasteiger charge is -2.32. The van der Waals surface area contributed by atoms with Gasteiger partial charge in [-0.2, -0.15) is 0 Å². The molecule has 1 aliphatic rings. The minimum absolute atomic E-state index is 0.0334. The van der Waals surface area contributed by atoms with Crippen molar-refractivity contribution in [1.29, 1.82) is 0 Å². The molecule has 1 amide bonds. The van der Waals surface area contributed by atoms with Crippen molar-refractivity contribution in [3.05, 3.63) is 113 Å². The smallest absolute Gasteiger partial charge is 0.255 e. The van der Waals surface area contributed by atoms with Crippen molar-refractivity contribution in [3.63, 3.8) is 0 Å². The van der Waals surface area contributed by atoms with Crippen LogP contribution in [0, 0.1) is 18.7 Å². The Bertz CT molecular complexity index is 1320. The number of halogens is 2. The van der Waals surface area contributed by atoms with Gasteiger partial charge in [-0.3, -0.25) is 4.79 Å². The Hall–Kier alpha value is -3.37. The number of hydrogen-bond donors (Lipinski definition) is 0. The predicted molar refractivity (Wildman–Crippen MR) is 140 cm³/mol. The lowest BCUT2D eigenvalue weighted by Crippen LogP contribution is -2.39. The van der Waals surface area contributed by atoms with Gasteiger partial charge < -0.3 is 9.47 Å². The standard InChI is InChI=1S/C30H28ClFN2O/c1-21-28(30(35)33-16-14-23(15-17-33)18-22-6-3-2-4-7-22)20-29(24-10-12-25(31)13-11-24)34(21)27-9-5-8-26(32)19-27/h2-13,19-20,23H,14-18H2,1H3. The highest BCUT2D eigenvalue weighted by Crippen LogP contribution is 2.32. The normalized spacial score (nSPS) is 14.3. The molecule has 3 aromatic carbocycles. The van der Waals surface area contributed by atoms with Crippen molar-refractivity contribution in [2.24, 2.45) is 5.92 Å². The predicted octanol–water partition coefficient (Wildman–Crippen LogP) is 7.34. The van der Waals surface area contributed by atoms with Gasteiger partial charge in [0.15, 0.2) is 0 Å². The molecule has 0 radical (unpaired) electrons. The summed E-state index contributed by atoms with van der Waals surface area (Å²) in [5.41, 5.74) is 5.26. The molecule has 0 unspecified atom stereocenters. The fourth-order valence-electron chi connectivity index (χ4n) is 5.06. The zero-order valence-corrected chi connectivity index (χ0v) is 20.5. The second kappa shape index (κ2) is 10.1. The van der Waals surface area contributed by atoms with E-state index in [-0.39, 0.29) is 11.7 Å². The van der Waals surface area contributed by atoms with E-state index in [0.29, 0.717) is 22.2 Å². The van der Waals surface area contributed by atoms with Crippen LogP contribution in [0.2, 0.25) is 5.02 Å².